The summed E-state index contributed by atoms with van der Waals surface area (Å²) in [6.07, 6.45) is 3.50. The zero-order chi connectivity index (χ0) is 22.9. The number of hydrogen-bond donors (Lipinski definition) is 1. The van der Waals surface area contributed by atoms with E-state index in [4.69, 9.17) is 4.74 Å². The van der Waals surface area contributed by atoms with Gasteiger partial charge in [0.05, 0.1) is 35.0 Å². The highest BCUT2D eigenvalue weighted by Crippen LogP contribution is 2.38. The molecule has 1 saturated carbocycles. The normalized spacial score (nSPS) is 13.0. The van der Waals surface area contributed by atoms with E-state index in [0.717, 1.165) is 18.4 Å². The van der Waals surface area contributed by atoms with Crippen LogP contribution in [0.3, 0.4) is 0 Å². The Morgan fingerprint density at radius 3 is 2.76 bits per heavy atom. The van der Waals surface area contributed by atoms with E-state index < -0.39 is 5.82 Å². The lowest BCUT2D eigenvalue weighted by molar-refractivity contribution is 0.0784. The Morgan fingerprint density at radius 1 is 1.24 bits per heavy atom. The molecule has 0 atom stereocenters. The molecule has 1 aliphatic rings. The molecule has 0 bridgehead atoms. The summed E-state index contributed by atoms with van der Waals surface area (Å²) >= 11 is 0. The van der Waals surface area contributed by atoms with Crippen molar-refractivity contribution in [2.24, 2.45) is 0 Å². The number of nitriles is 1. The van der Waals surface area contributed by atoms with Crippen molar-refractivity contribution in [1.29, 1.82) is 5.26 Å². The Morgan fingerprint density at radius 2 is 2.03 bits per heavy atom. The molecule has 164 valence electrons. The summed E-state index contributed by atoms with van der Waals surface area (Å²) in [7, 11) is 1.66. The third kappa shape index (κ3) is 4.03. The van der Waals surface area contributed by atoms with Crippen molar-refractivity contribution in [2.75, 3.05) is 7.05 Å². The number of fused-ring (bicyclic) bond motifs is 1. The van der Waals surface area contributed by atoms with Crippen LogP contribution in [0.2, 0.25) is 0 Å². The standard InChI is InChI=1S/C26H21FN4O2/c1-31(15-18-8-7-17(13-28)21-14-29-30-25(18)21)26(32)19-11-22(27)24(16-5-3-2-4-6-16)23(12-19)33-20-9-10-20/h2-8,11-12,14,20H,9-10,15H2,1H3,(H,29,30). The predicted molar refractivity (Wildman–Crippen MR) is 122 cm³/mol. The minimum Gasteiger partial charge on any atom is -0.490 e. The predicted octanol–water partition coefficient (Wildman–Crippen LogP) is 5.05. The number of halogens is 1. The Balaban J connectivity index is 1.46. The molecule has 1 amide bonds. The molecule has 1 N–H and O–H groups in total. The first-order valence-corrected chi connectivity index (χ1v) is 10.7. The first kappa shape index (κ1) is 20.7. The third-order valence-corrected chi connectivity index (χ3v) is 5.76. The van der Waals surface area contributed by atoms with Crippen LogP contribution < -0.4 is 4.74 Å². The maximum atomic E-state index is 15.3. The van der Waals surface area contributed by atoms with Crippen molar-refractivity contribution >= 4 is 16.8 Å². The minimum absolute atomic E-state index is 0.0576. The van der Waals surface area contributed by atoms with Gasteiger partial charge in [0, 0.05) is 24.5 Å². The van der Waals surface area contributed by atoms with Crippen molar-refractivity contribution in [1.82, 2.24) is 15.1 Å². The van der Waals surface area contributed by atoms with Crippen molar-refractivity contribution < 1.29 is 13.9 Å². The molecule has 0 aliphatic heterocycles. The van der Waals surface area contributed by atoms with E-state index in [1.807, 2.05) is 30.3 Å². The lowest BCUT2D eigenvalue weighted by Crippen LogP contribution is -2.26. The average Bonchev–Trinajstić information content (AvgIpc) is 3.50. The van der Waals surface area contributed by atoms with E-state index in [1.165, 1.54) is 11.0 Å². The zero-order valence-electron chi connectivity index (χ0n) is 18.0. The lowest BCUT2D eigenvalue weighted by atomic mass is 10.0. The molecule has 0 radical (unpaired) electrons. The van der Waals surface area contributed by atoms with Gasteiger partial charge in [0.1, 0.15) is 11.6 Å². The van der Waals surface area contributed by atoms with E-state index in [9.17, 15) is 10.1 Å². The smallest absolute Gasteiger partial charge is 0.254 e. The average molecular weight is 440 g/mol. The van der Waals surface area contributed by atoms with Crippen LogP contribution in [-0.4, -0.2) is 34.2 Å². The van der Waals surface area contributed by atoms with Gasteiger partial charge in [-0.25, -0.2) is 4.39 Å². The monoisotopic (exact) mass is 440 g/mol. The molecule has 1 aromatic heterocycles. The highest BCUT2D eigenvalue weighted by Gasteiger charge is 2.27. The summed E-state index contributed by atoms with van der Waals surface area (Å²) in [4.78, 5) is 14.7. The second kappa shape index (κ2) is 8.40. The molecule has 3 aromatic carbocycles. The molecule has 1 aliphatic carbocycles. The van der Waals surface area contributed by atoms with Gasteiger partial charge in [-0.1, -0.05) is 36.4 Å². The molecule has 1 fully saturated rings. The molecular formula is C26H21FN4O2. The van der Waals surface area contributed by atoms with E-state index in [2.05, 4.69) is 16.3 Å². The topological polar surface area (TPSA) is 82.0 Å². The van der Waals surface area contributed by atoms with Crippen LogP contribution in [0.1, 0.15) is 34.3 Å². The minimum atomic E-state index is -0.495. The van der Waals surface area contributed by atoms with Crippen LogP contribution in [0.5, 0.6) is 5.75 Å². The van der Waals surface area contributed by atoms with Gasteiger partial charge in [-0.15, -0.1) is 0 Å². The van der Waals surface area contributed by atoms with Crippen molar-refractivity contribution in [3.8, 4) is 22.9 Å². The van der Waals surface area contributed by atoms with Crippen LogP contribution in [0, 0.1) is 17.1 Å². The molecule has 0 saturated heterocycles. The Kier molecular flexibility index (Phi) is 5.27. The number of nitrogens with zero attached hydrogens (tertiary/aromatic N) is 3. The lowest BCUT2D eigenvalue weighted by Gasteiger charge is -2.20. The number of aromatic amines is 1. The maximum absolute atomic E-state index is 15.3. The molecule has 0 spiro atoms. The van der Waals surface area contributed by atoms with E-state index in [-0.39, 0.29) is 24.1 Å². The fourth-order valence-corrected chi connectivity index (χ4v) is 3.92. The summed E-state index contributed by atoms with van der Waals surface area (Å²) < 4.78 is 21.3. The van der Waals surface area contributed by atoms with Crippen LogP contribution in [0.25, 0.3) is 22.0 Å². The van der Waals surface area contributed by atoms with Gasteiger partial charge in [-0.3, -0.25) is 9.89 Å². The molecule has 33 heavy (non-hydrogen) atoms. The number of nitrogens with one attached hydrogen (secondary N) is 1. The number of ether oxygens (including phenoxy) is 1. The number of hydrogen-bond acceptors (Lipinski definition) is 4. The first-order valence-electron chi connectivity index (χ1n) is 10.7. The third-order valence-electron chi connectivity index (χ3n) is 5.76. The highest BCUT2D eigenvalue weighted by molar-refractivity contribution is 5.96. The summed E-state index contributed by atoms with van der Waals surface area (Å²) in [6.45, 7) is 0.268. The number of H-pyrrole nitrogens is 1. The van der Waals surface area contributed by atoms with Gasteiger partial charge >= 0.3 is 0 Å². The SMILES string of the molecule is CN(Cc1ccc(C#N)c2cn[nH]c12)C(=O)c1cc(F)c(-c2ccccc2)c(OC2CC2)c1. The largest absolute Gasteiger partial charge is 0.490 e. The summed E-state index contributed by atoms with van der Waals surface area (Å²) in [5, 5.41) is 16.9. The number of rotatable bonds is 6. The van der Waals surface area contributed by atoms with Crippen LogP contribution in [-0.2, 0) is 6.54 Å². The first-order chi connectivity index (χ1) is 16.0. The molecular weight excluding hydrogens is 419 g/mol. The summed E-state index contributed by atoms with van der Waals surface area (Å²) in [5.74, 6) is -0.439. The van der Waals surface area contributed by atoms with Gasteiger partial charge in [-0.05, 0) is 42.2 Å². The zero-order valence-corrected chi connectivity index (χ0v) is 18.0. The van der Waals surface area contributed by atoms with Gasteiger partial charge in [0.2, 0.25) is 0 Å². The van der Waals surface area contributed by atoms with Gasteiger partial charge in [-0.2, -0.15) is 10.4 Å². The molecule has 0 unspecified atom stereocenters. The highest BCUT2D eigenvalue weighted by atomic mass is 19.1. The summed E-state index contributed by atoms with van der Waals surface area (Å²) in [6, 6.07) is 17.8. The summed E-state index contributed by atoms with van der Waals surface area (Å²) in [5.41, 5.74) is 3.33. The van der Waals surface area contributed by atoms with Gasteiger partial charge in [0.15, 0.2) is 0 Å². The Labute approximate surface area is 190 Å². The second-order valence-electron chi connectivity index (χ2n) is 8.22. The van der Waals surface area contributed by atoms with Gasteiger partial charge < -0.3 is 9.64 Å². The molecule has 5 rings (SSSR count). The molecule has 1 heterocycles. The maximum Gasteiger partial charge on any atom is 0.254 e. The Hall–Kier alpha value is -4.18. The van der Waals surface area contributed by atoms with Crippen molar-refractivity contribution in [2.45, 2.75) is 25.5 Å². The quantitative estimate of drug-likeness (QED) is 0.455. The number of carbonyl (C=O) groups excluding carboxylic acids is 1. The number of amides is 1. The van der Waals surface area contributed by atoms with E-state index in [1.54, 1.807) is 31.4 Å². The van der Waals surface area contributed by atoms with Crippen molar-refractivity contribution in [3.63, 3.8) is 0 Å². The molecule has 6 nitrogen and oxygen atoms in total. The Bertz CT molecular complexity index is 1390. The van der Waals surface area contributed by atoms with E-state index in [0.29, 0.717) is 33.3 Å². The second-order valence-corrected chi connectivity index (χ2v) is 8.22. The van der Waals surface area contributed by atoms with E-state index >= 15 is 4.39 Å². The number of benzene rings is 3. The molecule has 7 heteroatoms. The van der Waals surface area contributed by atoms with Crippen LogP contribution in [0.4, 0.5) is 4.39 Å². The van der Waals surface area contributed by atoms with Gasteiger partial charge in [0.25, 0.3) is 5.91 Å². The van der Waals surface area contributed by atoms with Crippen LogP contribution in [0.15, 0.2) is 60.8 Å². The molecule has 4 aromatic rings. The number of aromatic nitrogens is 2. The number of carbonyl (C=O) groups is 1. The fourth-order valence-electron chi connectivity index (χ4n) is 3.92. The van der Waals surface area contributed by atoms with Crippen LogP contribution >= 0.6 is 0 Å². The van der Waals surface area contributed by atoms with Crippen molar-refractivity contribution in [3.05, 3.63) is 83.3 Å². The fraction of sp³-hybridized carbons (Fsp3) is 0.192.